The highest BCUT2D eigenvalue weighted by molar-refractivity contribution is 5.72. The molecule has 94 valence electrons. The van der Waals surface area contributed by atoms with E-state index in [1.54, 1.807) is 11.8 Å². The highest BCUT2D eigenvalue weighted by Gasteiger charge is 2.00. The van der Waals surface area contributed by atoms with E-state index in [9.17, 15) is 4.79 Å². The van der Waals surface area contributed by atoms with Gasteiger partial charge in [-0.2, -0.15) is 0 Å². The van der Waals surface area contributed by atoms with Gasteiger partial charge in [0.1, 0.15) is 0 Å². The maximum atomic E-state index is 10.9. The SMILES string of the molecule is C#C.CC.CC(=O)N(C)CCc1ccccc1. The van der Waals surface area contributed by atoms with Crippen molar-refractivity contribution >= 4 is 5.91 Å². The summed E-state index contributed by atoms with van der Waals surface area (Å²) in [4.78, 5) is 12.6. The number of hydrogen-bond acceptors (Lipinski definition) is 1. The molecule has 0 spiro atoms. The molecule has 0 saturated carbocycles. The molecule has 0 aromatic heterocycles. The summed E-state index contributed by atoms with van der Waals surface area (Å²) in [5.74, 6) is 0.121. The van der Waals surface area contributed by atoms with Crippen LogP contribution in [0.4, 0.5) is 0 Å². The summed E-state index contributed by atoms with van der Waals surface area (Å²) in [5.41, 5.74) is 1.27. The van der Waals surface area contributed by atoms with Crippen LogP contribution in [-0.4, -0.2) is 24.4 Å². The molecule has 1 aromatic carbocycles. The molecule has 0 aliphatic carbocycles. The first-order valence-electron chi connectivity index (χ1n) is 5.79. The van der Waals surface area contributed by atoms with Crippen LogP contribution >= 0.6 is 0 Å². The molecule has 1 rings (SSSR count). The van der Waals surface area contributed by atoms with Crippen LogP contribution in [0.15, 0.2) is 30.3 Å². The molecule has 2 nitrogen and oxygen atoms in total. The van der Waals surface area contributed by atoms with Gasteiger partial charge in [0.15, 0.2) is 0 Å². The molecule has 1 amide bonds. The fraction of sp³-hybridized carbons (Fsp3) is 0.400. The van der Waals surface area contributed by atoms with Crippen molar-refractivity contribution in [2.45, 2.75) is 27.2 Å². The molecule has 0 aliphatic heterocycles. The van der Waals surface area contributed by atoms with Gasteiger partial charge in [0.25, 0.3) is 0 Å². The summed E-state index contributed by atoms with van der Waals surface area (Å²) in [6, 6.07) is 10.2. The number of nitrogens with zero attached hydrogens (tertiary/aromatic N) is 1. The Kier molecular flexibility index (Phi) is 12.8. The highest BCUT2D eigenvalue weighted by atomic mass is 16.2. The number of carbonyl (C=O) groups is 1. The Labute approximate surface area is 106 Å². The standard InChI is InChI=1S/C11H15NO.C2H6.C2H2/c1-10(13)12(2)9-8-11-6-4-3-5-7-11;2*1-2/h3-7H,8-9H2,1-2H3;1-2H3;1-2H. The second-order valence-electron chi connectivity index (χ2n) is 3.18. The maximum Gasteiger partial charge on any atom is 0.219 e. The third kappa shape index (κ3) is 9.19. The van der Waals surface area contributed by atoms with Gasteiger partial charge < -0.3 is 4.90 Å². The maximum absolute atomic E-state index is 10.9. The van der Waals surface area contributed by atoms with Crippen LogP contribution in [0, 0.1) is 12.8 Å². The Bertz CT molecular complexity index is 303. The van der Waals surface area contributed by atoms with Crippen LogP contribution in [0.5, 0.6) is 0 Å². The van der Waals surface area contributed by atoms with Crippen molar-refractivity contribution in [3.63, 3.8) is 0 Å². The van der Waals surface area contributed by atoms with Crippen molar-refractivity contribution in [1.82, 2.24) is 4.90 Å². The predicted octanol–water partition coefficient (Wildman–Crippen LogP) is 2.98. The number of carbonyl (C=O) groups excluding carboxylic acids is 1. The summed E-state index contributed by atoms with van der Waals surface area (Å²) in [7, 11) is 1.82. The van der Waals surface area contributed by atoms with Crippen LogP contribution < -0.4 is 0 Å². The second kappa shape index (κ2) is 12.3. The molecule has 0 heterocycles. The molecule has 0 aliphatic rings. The van der Waals surface area contributed by atoms with Crippen molar-refractivity contribution in [1.29, 1.82) is 0 Å². The van der Waals surface area contributed by atoms with Crippen LogP contribution in [0.1, 0.15) is 26.3 Å². The number of terminal acetylenes is 1. The van der Waals surface area contributed by atoms with Crippen LogP contribution in [0.2, 0.25) is 0 Å². The Morgan fingerprint density at radius 1 is 1.18 bits per heavy atom. The zero-order chi connectivity index (χ0) is 13.7. The Morgan fingerprint density at radius 3 is 2.06 bits per heavy atom. The van der Waals surface area contributed by atoms with Crippen molar-refractivity contribution in [3.05, 3.63) is 35.9 Å². The normalized spacial score (nSPS) is 7.88. The van der Waals surface area contributed by atoms with Gasteiger partial charge in [0, 0.05) is 20.5 Å². The molecular weight excluding hydrogens is 210 g/mol. The van der Waals surface area contributed by atoms with E-state index in [-0.39, 0.29) is 5.91 Å². The topological polar surface area (TPSA) is 20.3 Å². The van der Waals surface area contributed by atoms with Crippen LogP contribution in [0.25, 0.3) is 0 Å². The zero-order valence-electron chi connectivity index (χ0n) is 11.3. The third-order valence-electron chi connectivity index (χ3n) is 2.12. The molecule has 0 radical (unpaired) electrons. The molecule has 2 heteroatoms. The summed E-state index contributed by atoms with van der Waals surface area (Å²) in [6.07, 6.45) is 8.93. The molecule has 0 unspecified atom stereocenters. The lowest BCUT2D eigenvalue weighted by molar-refractivity contribution is -0.127. The average molecular weight is 233 g/mol. The van der Waals surface area contributed by atoms with Gasteiger partial charge in [-0.05, 0) is 12.0 Å². The number of benzene rings is 1. The third-order valence-corrected chi connectivity index (χ3v) is 2.12. The Hall–Kier alpha value is -1.75. The summed E-state index contributed by atoms with van der Waals surface area (Å²) >= 11 is 0. The first kappa shape index (κ1) is 17.6. The average Bonchev–Trinajstić information content (AvgIpc) is 2.41. The Balaban J connectivity index is 0. The van der Waals surface area contributed by atoms with Gasteiger partial charge in [-0.3, -0.25) is 4.79 Å². The zero-order valence-corrected chi connectivity index (χ0v) is 11.3. The molecule has 0 fully saturated rings. The number of likely N-dealkylation sites (N-methyl/N-ethyl adjacent to an activating group) is 1. The minimum absolute atomic E-state index is 0.121. The fourth-order valence-corrected chi connectivity index (χ4v) is 1.10. The van der Waals surface area contributed by atoms with E-state index in [1.165, 1.54) is 5.56 Å². The summed E-state index contributed by atoms with van der Waals surface area (Å²) < 4.78 is 0. The molecular formula is C15H23NO. The lowest BCUT2D eigenvalue weighted by Gasteiger charge is -2.14. The van der Waals surface area contributed by atoms with Crippen molar-refractivity contribution in [2.24, 2.45) is 0 Å². The monoisotopic (exact) mass is 233 g/mol. The number of amides is 1. The quantitative estimate of drug-likeness (QED) is 0.735. The first-order valence-corrected chi connectivity index (χ1v) is 5.79. The predicted molar refractivity (Wildman–Crippen MR) is 74.7 cm³/mol. The minimum atomic E-state index is 0.121. The van der Waals surface area contributed by atoms with Gasteiger partial charge in [0.05, 0.1) is 0 Å². The van der Waals surface area contributed by atoms with E-state index in [0.29, 0.717) is 0 Å². The largest absolute Gasteiger partial charge is 0.346 e. The number of hydrogen-bond donors (Lipinski definition) is 0. The second-order valence-corrected chi connectivity index (χ2v) is 3.18. The van der Waals surface area contributed by atoms with Crippen molar-refractivity contribution < 1.29 is 4.79 Å². The Morgan fingerprint density at radius 2 is 1.65 bits per heavy atom. The molecule has 1 aromatic rings. The molecule has 0 atom stereocenters. The first-order chi connectivity index (χ1) is 8.20. The fourth-order valence-electron chi connectivity index (χ4n) is 1.10. The van der Waals surface area contributed by atoms with Crippen molar-refractivity contribution in [3.8, 4) is 12.8 Å². The van der Waals surface area contributed by atoms with Gasteiger partial charge >= 0.3 is 0 Å². The smallest absolute Gasteiger partial charge is 0.219 e. The lowest BCUT2D eigenvalue weighted by atomic mass is 10.1. The molecule has 0 saturated heterocycles. The minimum Gasteiger partial charge on any atom is -0.346 e. The van der Waals surface area contributed by atoms with Gasteiger partial charge in [0.2, 0.25) is 5.91 Å². The lowest BCUT2D eigenvalue weighted by Crippen LogP contribution is -2.26. The van der Waals surface area contributed by atoms with E-state index >= 15 is 0 Å². The van der Waals surface area contributed by atoms with Gasteiger partial charge in [-0.15, -0.1) is 12.8 Å². The van der Waals surface area contributed by atoms with Gasteiger partial charge in [-0.25, -0.2) is 0 Å². The van der Waals surface area contributed by atoms with Gasteiger partial charge in [-0.1, -0.05) is 44.2 Å². The molecule has 0 N–H and O–H groups in total. The summed E-state index contributed by atoms with van der Waals surface area (Å²) in [6.45, 7) is 6.38. The van der Waals surface area contributed by atoms with E-state index in [4.69, 9.17) is 0 Å². The van der Waals surface area contributed by atoms with Crippen LogP contribution in [-0.2, 0) is 11.2 Å². The highest BCUT2D eigenvalue weighted by Crippen LogP contribution is 2.00. The molecule has 0 bridgehead atoms. The van der Waals surface area contributed by atoms with E-state index in [1.807, 2.05) is 39.1 Å². The molecule has 17 heavy (non-hydrogen) atoms. The number of rotatable bonds is 3. The van der Waals surface area contributed by atoms with Crippen molar-refractivity contribution in [2.75, 3.05) is 13.6 Å². The van der Waals surface area contributed by atoms with E-state index < -0.39 is 0 Å². The van der Waals surface area contributed by atoms with E-state index in [2.05, 4.69) is 25.0 Å². The summed E-state index contributed by atoms with van der Waals surface area (Å²) in [5, 5.41) is 0. The van der Waals surface area contributed by atoms with E-state index in [0.717, 1.165) is 13.0 Å². The van der Waals surface area contributed by atoms with Crippen LogP contribution in [0.3, 0.4) is 0 Å².